The molecule has 0 saturated carbocycles. The number of likely N-dealkylation sites (tertiary alicyclic amines) is 1. The first-order chi connectivity index (χ1) is 6.25. The number of methoxy groups -OCH3 is 1. The zero-order valence-corrected chi connectivity index (χ0v) is 9.25. The third-order valence-corrected chi connectivity index (χ3v) is 2.99. The SMILES string of the molecule is COCCC1CCCCN1C(C)C. The van der Waals surface area contributed by atoms with Gasteiger partial charge in [0.1, 0.15) is 0 Å². The minimum absolute atomic E-state index is 0.696. The summed E-state index contributed by atoms with van der Waals surface area (Å²) in [4.78, 5) is 2.63. The summed E-state index contributed by atoms with van der Waals surface area (Å²) in [5, 5.41) is 0. The van der Waals surface area contributed by atoms with E-state index in [2.05, 4.69) is 18.7 Å². The molecule has 0 spiro atoms. The molecule has 0 bridgehead atoms. The van der Waals surface area contributed by atoms with Gasteiger partial charge in [0.2, 0.25) is 0 Å². The van der Waals surface area contributed by atoms with Crippen molar-refractivity contribution in [2.45, 2.75) is 51.6 Å². The molecule has 1 atom stereocenters. The van der Waals surface area contributed by atoms with Crippen molar-refractivity contribution in [3.05, 3.63) is 0 Å². The minimum atomic E-state index is 0.696. The fraction of sp³-hybridized carbons (Fsp3) is 1.00. The molecule has 0 aromatic carbocycles. The average molecular weight is 185 g/mol. The number of piperidine rings is 1. The molecule has 1 aliphatic rings. The van der Waals surface area contributed by atoms with Crippen LogP contribution in [0.3, 0.4) is 0 Å². The van der Waals surface area contributed by atoms with Gasteiger partial charge < -0.3 is 4.74 Å². The topological polar surface area (TPSA) is 12.5 Å². The van der Waals surface area contributed by atoms with Crippen molar-refractivity contribution in [3.8, 4) is 0 Å². The van der Waals surface area contributed by atoms with Crippen LogP contribution in [0.4, 0.5) is 0 Å². The van der Waals surface area contributed by atoms with Gasteiger partial charge in [-0.1, -0.05) is 6.42 Å². The fourth-order valence-corrected chi connectivity index (χ4v) is 2.27. The van der Waals surface area contributed by atoms with Crippen molar-refractivity contribution in [2.75, 3.05) is 20.3 Å². The Kier molecular flexibility index (Phi) is 4.74. The molecule has 2 nitrogen and oxygen atoms in total. The number of nitrogens with zero attached hydrogens (tertiary/aromatic N) is 1. The molecule has 0 N–H and O–H groups in total. The molecule has 1 rings (SSSR count). The maximum absolute atomic E-state index is 5.15. The van der Waals surface area contributed by atoms with Gasteiger partial charge in [-0.05, 0) is 39.7 Å². The molecule has 0 aromatic heterocycles. The van der Waals surface area contributed by atoms with Crippen LogP contribution < -0.4 is 0 Å². The molecule has 0 aliphatic carbocycles. The highest BCUT2D eigenvalue weighted by Crippen LogP contribution is 2.21. The van der Waals surface area contributed by atoms with E-state index in [0.29, 0.717) is 6.04 Å². The van der Waals surface area contributed by atoms with Crippen LogP contribution >= 0.6 is 0 Å². The molecule has 78 valence electrons. The number of rotatable bonds is 4. The van der Waals surface area contributed by atoms with Gasteiger partial charge >= 0.3 is 0 Å². The second kappa shape index (κ2) is 5.61. The van der Waals surface area contributed by atoms with E-state index in [1.807, 2.05) is 0 Å². The monoisotopic (exact) mass is 185 g/mol. The normalized spacial score (nSPS) is 25.4. The molecule has 1 fully saturated rings. The Morgan fingerprint density at radius 1 is 1.38 bits per heavy atom. The van der Waals surface area contributed by atoms with Gasteiger partial charge in [0.05, 0.1) is 0 Å². The Balaban J connectivity index is 2.37. The largest absolute Gasteiger partial charge is 0.385 e. The maximum atomic E-state index is 5.15. The smallest absolute Gasteiger partial charge is 0.0477 e. The average Bonchev–Trinajstić information content (AvgIpc) is 2.15. The van der Waals surface area contributed by atoms with E-state index in [1.165, 1.54) is 32.2 Å². The van der Waals surface area contributed by atoms with Crippen molar-refractivity contribution in [2.24, 2.45) is 0 Å². The predicted molar refractivity (Wildman–Crippen MR) is 56.0 cm³/mol. The third-order valence-electron chi connectivity index (χ3n) is 2.99. The summed E-state index contributed by atoms with van der Waals surface area (Å²) in [5.41, 5.74) is 0. The molecular formula is C11H23NO. The number of hydrogen-bond acceptors (Lipinski definition) is 2. The second-order valence-corrected chi connectivity index (χ2v) is 4.26. The first kappa shape index (κ1) is 11.0. The third kappa shape index (κ3) is 3.28. The van der Waals surface area contributed by atoms with Crippen molar-refractivity contribution >= 4 is 0 Å². The predicted octanol–water partition coefficient (Wildman–Crippen LogP) is 2.29. The van der Waals surface area contributed by atoms with Crippen molar-refractivity contribution in [1.82, 2.24) is 4.90 Å². The summed E-state index contributed by atoms with van der Waals surface area (Å²) in [7, 11) is 1.79. The zero-order chi connectivity index (χ0) is 9.68. The lowest BCUT2D eigenvalue weighted by Crippen LogP contribution is -2.44. The molecule has 1 unspecified atom stereocenters. The van der Waals surface area contributed by atoms with Crippen LogP contribution in [0.15, 0.2) is 0 Å². The summed E-state index contributed by atoms with van der Waals surface area (Å²) in [6.45, 7) is 6.79. The molecule has 0 radical (unpaired) electrons. The van der Waals surface area contributed by atoms with Crippen LogP contribution in [0.25, 0.3) is 0 Å². The fourth-order valence-electron chi connectivity index (χ4n) is 2.27. The van der Waals surface area contributed by atoms with Crippen LogP contribution in [0.2, 0.25) is 0 Å². The minimum Gasteiger partial charge on any atom is -0.385 e. The van der Waals surface area contributed by atoms with Gasteiger partial charge in [0.15, 0.2) is 0 Å². The van der Waals surface area contributed by atoms with Crippen LogP contribution in [0, 0.1) is 0 Å². The molecule has 2 heteroatoms. The summed E-state index contributed by atoms with van der Waals surface area (Å²) >= 11 is 0. The highest BCUT2D eigenvalue weighted by Gasteiger charge is 2.23. The maximum Gasteiger partial charge on any atom is 0.0477 e. The van der Waals surface area contributed by atoms with Gasteiger partial charge in [-0.2, -0.15) is 0 Å². The van der Waals surface area contributed by atoms with Crippen LogP contribution in [-0.2, 0) is 4.74 Å². The zero-order valence-electron chi connectivity index (χ0n) is 9.25. The quantitative estimate of drug-likeness (QED) is 0.666. The van der Waals surface area contributed by atoms with Gasteiger partial charge in [0.25, 0.3) is 0 Å². The Morgan fingerprint density at radius 2 is 2.15 bits per heavy atom. The van der Waals surface area contributed by atoms with E-state index in [1.54, 1.807) is 7.11 Å². The van der Waals surface area contributed by atoms with E-state index in [9.17, 15) is 0 Å². The van der Waals surface area contributed by atoms with Crippen LogP contribution in [0.5, 0.6) is 0 Å². The van der Waals surface area contributed by atoms with E-state index in [-0.39, 0.29) is 0 Å². The van der Waals surface area contributed by atoms with Crippen LogP contribution in [-0.4, -0.2) is 37.2 Å². The number of ether oxygens (including phenoxy) is 1. The Bertz CT molecular complexity index is 136. The molecule has 1 aliphatic heterocycles. The summed E-state index contributed by atoms with van der Waals surface area (Å²) in [6, 6.07) is 1.47. The van der Waals surface area contributed by atoms with E-state index >= 15 is 0 Å². The lowest BCUT2D eigenvalue weighted by molar-refractivity contribution is 0.0793. The molecule has 0 amide bonds. The summed E-state index contributed by atoms with van der Waals surface area (Å²) in [6.07, 6.45) is 5.34. The van der Waals surface area contributed by atoms with Crippen molar-refractivity contribution < 1.29 is 4.74 Å². The lowest BCUT2D eigenvalue weighted by atomic mass is 9.98. The Labute approximate surface area is 82.3 Å². The Morgan fingerprint density at radius 3 is 2.77 bits per heavy atom. The van der Waals surface area contributed by atoms with E-state index < -0.39 is 0 Å². The van der Waals surface area contributed by atoms with Crippen LogP contribution in [0.1, 0.15) is 39.5 Å². The standard InChI is InChI=1S/C11H23NO/c1-10(2)12-8-5-4-6-11(12)7-9-13-3/h10-11H,4-9H2,1-3H3. The van der Waals surface area contributed by atoms with Gasteiger partial charge in [-0.15, -0.1) is 0 Å². The lowest BCUT2D eigenvalue weighted by Gasteiger charge is -2.38. The van der Waals surface area contributed by atoms with Gasteiger partial charge in [-0.25, -0.2) is 0 Å². The molecule has 1 saturated heterocycles. The van der Waals surface area contributed by atoms with E-state index in [4.69, 9.17) is 4.74 Å². The van der Waals surface area contributed by atoms with Crippen molar-refractivity contribution in [3.63, 3.8) is 0 Å². The molecule has 13 heavy (non-hydrogen) atoms. The summed E-state index contributed by atoms with van der Waals surface area (Å²) < 4.78 is 5.15. The first-order valence-corrected chi connectivity index (χ1v) is 5.50. The molecule has 1 heterocycles. The second-order valence-electron chi connectivity index (χ2n) is 4.26. The molecule has 0 aromatic rings. The molecular weight excluding hydrogens is 162 g/mol. The number of hydrogen-bond donors (Lipinski definition) is 0. The Hall–Kier alpha value is -0.0800. The van der Waals surface area contributed by atoms with E-state index in [0.717, 1.165) is 12.6 Å². The van der Waals surface area contributed by atoms with Gasteiger partial charge in [-0.3, -0.25) is 4.90 Å². The first-order valence-electron chi connectivity index (χ1n) is 5.50. The van der Waals surface area contributed by atoms with Crippen molar-refractivity contribution in [1.29, 1.82) is 0 Å². The highest BCUT2D eigenvalue weighted by molar-refractivity contribution is 4.78. The summed E-state index contributed by atoms with van der Waals surface area (Å²) in [5.74, 6) is 0. The van der Waals surface area contributed by atoms with Gasteiger partial charge in [0, 0.05) is 25.8 Å². The highest BCUT2D eigenvalue weighted by atomic mass is 16.5.